The molecule has 0 atom stereocenters. The second-order valence-corrected chi connectivity index (χ2v) is 7.32. The molecule has 0 saturated carbocycles. The summed E-state index contributed by atoms with van der Waals surface area (Å²) in [5, 5.41) is 7.53. The number of fused-ring (bicyclic) bond motifs is 1. The summed E-state index contributed by atoms with van der Waals surface area (Å²) in [7, 11) is 0. The molecule has 5 aromatic rings. The van der Waals surface area contributed by atoms with Crippen molar-refractivity contribution in [2.24, 2.45) is 10.1 Å². The first-order valence-corrected chi connectivity index (χ1v) is 10.1. The van der Waals surface area contributed by atoms with E-state index in [2.05, 4.69) is 15.1 Å². The SMILES string of the molecule is Fc1cccc(C=Nn2c(-c3cc4ccccc4o3)csc2=Nc2cccnc2)c1. The largest absolute Gasteiger partial charge is 0.454 e. The van der Waals surface area contributed by atoms with Crippen molar-refractivity contribution in [3.8, 4) is 11.5 Å². The van der Waals surface area contributed by atoms with Gasteiger partial charge in [0.25, 0.3) is 0 Å². The van der Waals surface area contributed by atoms with E-state index in [1.807, 2.05) is 47.8 Å². The van der Waals surface area contributed by atoms with Gasteiger partial charge in [-0.1, -0.05) is 30.3 Å². The number of para-hydroxylation sites is 1. The Hall–Kier alpha value is -3.84. The third-order valence-corrected chi connectivity index (χ3v) is 5.22. The lowest BCUT2D eigenvalue weighted by atomic mass is 10.2. The molecule has 0 fully saturated rings. The summed E-state index contributed by atoms with van der Waals surface area (Å²) < 4.78 is 21.3. The molecule has 0 amide bonds. The minimum atomic E-state index is -0.313. The predicted molar refractivity (Wildman–Crippen MR) is 116 cm³/mol. The Morgan fingerprint density at radius 3 is 2.80 bits per heavy atom. The van der Waals surface area contributed by atoms with Gasteiger partial charge in [-0.15, -0.1) is 11.3 Å². The fraction of sp³-hybridized carbons (Fsp3) is 0. The van der Waals surface area contributed by atoms with Crippen molar-refractivity contribution in [1.29, 1.82) is 0 Å². The third kappa shape index (κ3) is 3.70. The van der Waals surface area contributed by atoms with E-state index in [0.717, 1.165) is 16.7 Å². The van der Waals surface area contributed by atoms with Crippen LogP contribution in [-0.4, -0.2) is 15.9 Å². The van der Waals surface area contributed by atoms with Crippen LogP contribution in [0.5, 0.6) is 0 Å². The summed E-state index contributed by atoms with van der Waals surface area (Å²) in [4.78, 5) is 9.42. The van der Waals surface area contributed by atoms with Crippen molar-refractivity contribution >= 4 is 34.2 Å². The number of nitrogens with zero attached hydrogens (tertiary/aromatic N) is 4. The van der Waals surface area contributed by atoms with Gasteiger partial charge in [0.15, 0.2) is 5.76 Å². The quantitative estimate of drug-likeness (QED) is 0.359. The van der Waals surface area contributed by atoms with Crippen molar-refractivity contribution in [3.63, 3.8) is 0 Å². The number of hydrogen-bond acceptors (Lipinski definition) is 5. The molecule has 5 rings (SSSR count). The lowest BCUT2D eigenvalue weighted by Gasteiger charge is -2.01. The molecule has 0 saturated heterocycles. The van der Waals surface area contributed by atoms with Gasteiger partial charge >= 0.3 is 0 Å². The van der Waals surface area contributed by atoms with Gasteiger partial charge in [0.05, 0.1) is 18.1 Å². The molecule has 3 aromatic heterocycles. The Morgan fingerprint density at radius 2 is 1.97 bits per heavy atom. The molecule has 2 aromatic carbocycles. The van der Waals surface area contributed by atoms with E-state index >= 15 is 0 Å². The zero-order valence-electron chi connectivity index (χ0n) is 15.6. The fourth-order valence-electron chi connectivity index (χ4n) is 3.01. The standard InChI is InChI=1S/C23H15FN4OS/c24-18-7-3-5-16(11-18)13-26-28-20(22-12-17-6-1-2-9-21(17)29-22)15-30-23(28)27-19-8-4-10-25-14-19/h1-15H. The van der Waals surface area contributed by atoms with Crippen molar-refractivity contribution in [3.05, 3.63) is 101 Å². The fourth-order valence-corrected chi connectivity index (χ4v) is 3.85. The van der Waals surface area contributed by atoms with Crippen LogP contribution in [0.1, 0.15) is 5.56 Å². The van der Waals surface area contributed by atoms with E-state index in [-0.39, 0.29) is 5.82 Å². The van der Waals surface area contributed by atoms with Gasteiger partial charge in [-0.2, -0.15) is 5.10 Å². The minimum absolute atomic E-state index is 0.313. The highest BCUT2D eigenvalue weighted by Gasteiger charge is 2.13. The van der Waals surface area contributed by atoms with Gasteiger partial charge < -0.3 is 4.42 Å². The third-order valence-electron chi connectivity index (χ3n) is 4.40. The molecule has 30 heavy (non-hydrogen) atoms. The van der Waals surface area contributed by atoms with E-state index in [1.165, 1.54) is 23.5 Å². The highest BCUT2D eigenvalue weighted by Crippen LogP contribution is 2.28. The summed E-state index contributed by atoms with van der Waals surface area (Å²) in [5.41, 5.74) is 2.92. The average molecular weight is 414 g/mol. The molecule has 0 aliphatic carbocycles. The van der Waals surface area contributed by atoms with Crippen LogP contribution in [0.15, 0.2) is 99.0 Å². The number of benzene rings is 2. The van der Waals surface area contributed by atoms with E-state index in [9.17, 15) is 4.39 Å². The second kappa shape index (κ2) is 7.88. The van der Waals surface area contributed by atoms with E-state index in [0.29, 0.717) is 21.8 Å². The van der Waals surface area contributed by atoms with Gasteiger partial charge in [0.2, 0.25) is 4.80 Å². The van der Waals surface area contributed by atoms with Gasteiger partial charge in [-0.25, -0.2) is 14.1 Å². The highest BCUT2D eigenvalue weighted by molar-refractivity contribution is 7.07. The van der Waals surface area contributed by atoms with Crippen molar-refractivity contribution in [2.45, 2.75) is 0 Å². The molecule has 0 bridgehead atoms. The van der Waals surface area contributed by atoms with Crippen LogP contribution in [0.2, 0.25) is 0 Å². The first kappa shape index (κ1) is 18.2. The Morgan fingerprint density at radius 1 is 1.03 bits per heavy atom. The molecule has 3 heterocycles. The zero-order chi connectivity index (χ0) is 20.3. The molecule has 0 spiro atoms. The van der Waals surface area contributed by atoms with Crippen LogP contribution in [0, 0.1) is 5.82 Å². The lowest BCUT2D eigenvalue weighted by Crippen LogP contribution is -2.11. The Balaban J connectivity index is 1.66. The number of furan rings is 1. The smallest absolute Gasteiger partial charge is 0.211 e. The Labute approximate surface area is 175 Å². The first-order valence-electron chi connectivity index (χ1n) is 9.20. The lowest BCUT2D eigenvalue weighted by molar-refractivity contribution is 0.621. The first-order chi connectivity index (χ1) is 14.8. The summed E-state index contributed by atoms with van der Waals surface area (Å²) in [6.45, 7) is 0. The highest BCUT2D eigenvalue weighted by atomic mass is 32.1. The maximum absolute atomic E-state index is 13.6. The van der Waals surface area contributed by atoms with E-state index in [1.54, 1.807) is 35.4 Å². The zero-order valence-corrected chi connectivity index (χ0v) is 16.5. The minimum Gasteiger partial charge on any atom is -0.454 e. The number of rotatable bonds is 4. The monoisotopic (exact) mass is 414 g/mol. The molecule has 0 aliphatic rings. The molecule has 7 heteroatoms. The van der Waals surface area contributed by atoms with Crippen LogP contribution in [0.4, 0.5) is 10.1 Å². The van der Waals surface area contributed by atoms with Gasteiger partial charge in [0, 0.05) is 17.0 Å². The molecule has 0 radical (unpaired) electrons. The molecule has 146 valence electrons. The molecule has 5 nitrogen and oxygen atoms in total. The van der Waals surface area contributed by atoms with Crippen LogP contribution in [-0.2, 0) is 0 Å². The molecule has 0 aliphatic heterocycles. The maximum Gasteiger partial charge on any atom is 0.211 e. The summed E-state index contributed by atoms with van der Waals surface area (Å²) in [6, 6.07) is 19.8. The van der Waals surface area contributed by atoms with Crippen LogP contribution in [0.25, 0.3) is 22.4 Å². The topological polar surface area (TPSA) is 55.7 Å². The summed E-state index contributed by atoms with van der Waals surface area (Å²) in [6.07, 6.45) is 4.98. The van der Waals surface area contributed by atoms with E-state index < -0.39 is 0 Å². The Kier molecular flexibility index (Phi) is 4.78. The predicted octanol–water partition coefficient (Wildman–Crippen LogP) is 5.61. The van der Waals surface area contributed by atoms with Crippen LogP contribution >= 0.6 is 11.3 Å². The van der Waals surface area contributed by atoms with Crippen molar-refractivity contribution < 1.29 is 8.81 Å². The average Bonchev–Trinajstić information content (AvgIpc) is 3.37. The number of pyridine rings is 1. The number of thiazole rings is 1. The van der Waals surface area contributed by atoms with E-state index in [4.69, 9.17) is 4.42 Å². The van der Waals surface area contributed by atoms with Crippen molar-refractivity contribution in [2.75, 3.05) is 0 Å². The summed E-state index contributed by atoms with van der Waals surface area (Å²) in [5.74, 6) is 0.364. The molecular formula is C23H15FN4OS. The summed E-state index contributed by atoms with van der Waals surface area (Å²) >= 11 is 1.43. The maximum atomic E-state index is 13.6. The molecule has 0 unspecified atom stereocenters. The number of aromatic nitrogens is 2. The van der Waals surface area contributed by atoms with Crippen LogP contribution < -0.4 is 4.80 Å². The second-order valence-electron chi connectivity index (χ2n) is 6.49. The number of halogens is 1. The van der Waals surface area contributed by atoms with Gasteiger partial charge in [-0.3, -0.25) is 4.98 Å². The van der Waals surface area contributed by atoms with Crippen molar-refractivity contribution in [1.82, 2.24) is 9.66 Å². The molecular weight excluding hydrogens is 399 g/mol. The normalized spacial score (nSPS) is 12.2. The Bertz CT molecular complexity index is 1380. The van der Waals surface area contributed by atoms with Gasteiger partial charge in [-0.05, 0) is 42.0 Å². The van der Waals surface area contributed by atoms with Crippen LogP contribution in [0.3, 0.4) is 0 Å². The van der Waals surface area contributed by atoms with Gasteiger partial charge in [0.1, 0.15) is 17.1 Å². The molecule has 0 N–H and O–H groups in total. The number of hydrogen-bond donors (Lipinski definition) is 0.